The molecule has 2 fully saturated rings. The molecule has 0 aromatic heterocycles. The molecule has 0 amide bonds. The Hall–Kier alpha value is -0.850. The van der Waals surface area contributed by atoms with E-state index in [1.54, 1.807) is 6.92 Å². The van der Waals surface area contributed by atoms with Gasteiger partial charge in [-0.1, -0.05) is 0 Å². The number of amidine groups is 1. The lowest BCUT2D eigenvalue weighted by atomic mass is 9.77. The Bertz CT molecular complexity index is 308. The van der Waals surface area contributed by atoms with Gasteiger partial charge in [0.2, 0.25) is 0 Å². The van der Waals surface area contributed by atoms with Crippen molar-refractivity contribution in [2.75, 3.05) is 6.54 Å². The van der Waals surface area contributed by atoms with Gasteiger partial charge in [-0.15, -0.1) is 0 Å². The minimum atomic E-state index is -0.946. The lowest BCUT2D eigenvalue weighted by Crippen LogP contribution is -2.57. The molecule has 98 valence electrons. The van der Waals surface area contributed by atoms with Crippen molar-refractivity contribution in [1.82, 2.24) is 5.32 Å². The van der Waals surface area contributed by atoms with Gasteiger partial charge in [0.05, 0.1) is 18.2 Å². The molecule has 0 aromatic carbocycles. The molecule has 0 bridgehead atoms. The molecular formula is C11H20N2O4. The second-order valence-electron chi connectivity index (χ2n) is 4.73. The first-order valence-electron chi connectivity index (χ1n) is 6.06. The zero-order valence-corrected chi connectivity index (χ0v) is 10.1. The second-order valence-corrected chi connectivity index (χ2v) is 4.73. The lowest BCUT2D eigenvalue weighted by Gasteiger charge is -2.39. The van der Waals surface area contributed by atoms with Crippen LogP contribution in [0.5, 0.6) is 0 Å². The molecule has 6 atom stereocenters. The van der Waals surface area contributed by atoms with Gasteiger partial charge in [-0.3, -0.25) is 0 Å². The topological polar surface area (TPSA) is 94.3 Å². The molecule has 2 rings (SSSR count). The molecular weight excluding hydrogens is 224 g/mol. The maximum atomic E-state index is 9.99. The van der Waals surface area contributed by atoms with Crippen LogP contribution < -0.4 is 5.32 Å². The van der Waals surface area contributed by atoms with Crippen LogP contribution in [0.15, 0.2) is 4.99 Å². The SMILES string of the molecule is CCN=C1N[C@@H]2[C@@H](O)[C@H](O)[C@@H]([C@H](C)O)C[C@@H]2O1. The van der Waals surface area contributed by atoms with Gasteiger partial charge in [0.1, 0.15) is 12.2 Å². The summed E-state index contributed by atoms with van der Waals surface area (Å²) in [6.45, 7) is 4.11. The molecule has 6 heteroatoms. The molecule has 2 aliphatic rings. The standard InChI is InChI=1S/C11H20N2O4/c1-3-12-11-13-8-7(17-11)4-6(5(2)14)9(15)10(8)16/h5-10,14-16H,3-4H2,1-2H3,(H,12,13)/t5-,6+,7-,8-,9+,10+/m0/s1. The van der Waals surface area contributed by atoms with E-state index >= 15 is 0 Å². The van der Waals surface area contributed by atoms with E-state index in [0.29, 0.717) is 19.0 Å². The smallest absolute Gasteiger partial charge is 0.285 e. The highest BCUT2D eigenvalue weighted by Gasteiger charge is 2.49. The summed E-state index contributed by atoms with van der Waals surface area (Å²) in [5, 5.41) is 32.5. The Balaban J connectivity index is 2.12. The first-order chi connectivity index (χ1) is 8.04. The molecule has 0 radical (unpaired) electrons. The van der Waals surface area contributed by atoms with Crippen molar-refractivity contribution in [3.8, 4) is 0 Å². The maximum absolute atomic E-state index is 9.99. The number of fused-ring (bicyclic) bond motifs is 1. The van der Waals surface area contributed by atoms with Crippen molar-refractivity contribution in [3.05, 3.63) is 0 Å². The Labute approximate surface area is 100 Å². The molecule has 6 nitrogen and oxygen atoms in total. The summed E-state index contributed by atoms with van der Waals surface area (Å²) in [5.41, 5.74) is 0. The number of aliphatic hydroxyl groups is 3. The van der Waals surface area contributed by atoms with Crippen LogP contribution in [0.4, 0.5) is 0 Å². The van der Waals surface area contributed by atoms with Crippen molar-refractivity contribution in [3.63, 3.8) is 0 Å². The number of rotatable bonds is 2. The van der Waals surface area contributed by atoms with Gasteiger partial charge in [0.25, 0.3) is 6.02 Å². The van der Waals surface area contributed by atoms with E-state index in [1.807, 2.05) is 6.92 Å². The van der Waals surface area contributed by atoms with Crippen LogP contribution in [0.25, 0.3) is 0 Å². The highest BCUT2D eigenvalue weighted by Crippen LogP contribution is 2.32. The second kappa shape index (κ2) is 4.80. The maximum Gasteiger partial charge on any atom is 0.285 e. The fraction of sp³-hybridized carbons (Fsp3) is 0.909. The van der Waals surface area contributed by atoms with Crippen LogP contribution in [0.2, 0.25) is 0 Å². The van der Waals surface area contributed by atoms with E-state index in [0.717, 1.165) is 0 Å². The van der Waals surface area contributed by atoms with Gasteiger partial charge >= 0.3 is 0 Å². The molecule has 1 heterocycles. The third-order valence-corrected chi connectivity index (χ3v) is 3.54. The number of hydrogen-bond acceptors (Lipinski definition) is 5. The summed E-state index contributed by atoms with van der Waals surface area (Å²) in [7, 11) is 0. The molecule has 1 aliphatic heterocycles. The highest BCUT2D eigenvalue weighted by atomic mass is 16.5. The van der Waals surface area contributed by atoms with Crippen LogP contribution in [0, 0.1) is 5.92 Å². The molecule has 1 saturated heterocycles. The minimum absolute atomic E-state index is 0.238. The molecule has 0 spiro atoms. The van der Waals surface area contributed by atoms with Gasteiger partial charge in [-0.25, -0.2) is 4.99 Å². The Morgan fingerprint density at radius 2 is 2.18 bits per heavy atom. The number of aliphatic imine (C=N–C) groups is 1. The fourth-order valence-electron chi connectivity index (χ4n) is 2.57. The van der Waals surface area contributed by atoms with E-state index < -0.39 is 18.3 Å². The monoisotopic (exact) mass is 244 g/mol. The van der Waals surface area contributed by atoms with Crippen molar-refractivity contribution >= 4 is 6.02 Å². The number of ether oxygens (including phenoxy) is 1. The number of nitrogens with zero attached hydrogens (tertiary/aromatic N) is 1. The quantitative estimate of drug-likeness (QED) is 0.492. The third kappa shape index (κ3) is 2.25. The molecule has 17 heavy (non-hydrogen) atoms. The molecule has 0 aromatic rings. The highest BCUT2D eigenvalue weighted by molar-refractivity contribution is 5.76. The molecule has 4 N–H and O–H groups in total. The predicted molar refractivity (Wildman–Crippen MR) is 61.6 cm³/mol. The molecule has 1 saturated carbocycles. The van der Waals surface area contributed by atoms with E-state index in [4.69, 9.17) is 4.74 Å². The van der Waals surface area contributed by atoms with Crippen molar-refractivity contribution < 1.29 is 20.1 Å². The summed E-state index contributed by atoms with van der Waals surface area (Å²) in [5.74, 6) is -0.367. The molecule has 0 unspecified atom stereocenters. The first-order valence-corrected chi connectivity index (χ1v) is 6.06. The third-order valence-electron chi connectivity index (χ3n) is 3.54. The fourth-order valence-corrected chi connectivity index (χ4v) is 2.57. The molecule has 1 aliphatic carbocycles. The van der Waals surface area contributed by atoms with Crippen LogP contribution in [-0.2, 0) is 4.74 Å². The summed E-state index contributed by atoms with van der Waals surface area (Å²) >= 11 is 0. The zero-order chi connectivity index (χ0) is 12.6. The first kappa shape index (κ1) is 12.6. The average molecular weight is 244 g/mol. The lowest BCUT2D eigenvalue weighted by molar-refractivity contribution is -0.111. The van der Waals surface area contributed by atoms with Crippen LogP contribution >= 0.6 is 0 Å². The van der Waals surface area contributed by atoms with Gasteiger partial charge in [0, 0.05) is 12.5 Å². The normalized spacial score (nSPS) is 45.0. The number of hydrogen-bond donors (Lipinski definition) is 4. The summed E-state index contributed by atoms with van der Waals surface area (Å²) in [4.78, 5) is 4.11. The summed E-state index contributed by atoms with van der Waals surface area (Å²) < 4.78 is 5.56. The number of aliphatic hydroxyl groups excluding tert-OH is 3. The number of nitrogens with one attached hydrogen (secondary N) is 1. The predicted octanol–water partition coefficient (Wildman–Crippen LogP) is -1.16. The van der Waals surface area contributed by atoms with Crippen molar-refractivity contribution in [2.24, 2.45) is 10.9 Å². The van der Waals surface area contributed by atoms with Gasteiger partial charge in [-0.05, 0) is 20.3 Å². The van der Waals surface area contributed by atoms with E-state index in [1.165, 1.54) is 0 Å². The Morgan fingerprint density at radius 3 is 2.76 bits per heavy atom. The Kier molecular flexibility index (Phi) is 3.56. The van der Waals surface area contributed by atoms with Crippen LogP contribution in [0.1, 0.15) is 20.3 Å². The van der Waals surface area contributed by atoms with Gasteiger partial charge in [-0.2, -0.15) is 0 Å². The van der Waals surface area contributed by atoms with Crippen molar-refractivity contribution in [2.45, 2.75) is 50.7 Å². The van der Waals surface area contributed by atoms with Crippen LogP contribution in [-0.4, -0.2) is 58.3 Å². The van der Waals surface area contributed by atoms with Crippen LogP contribution in [0.3, 0.4) is 0 Å². The van der Waals surface area contributed by atoms with Crippen molar-refractivity contribution in [1.29, 1.82) is 0 Å². The summed E-state index contributed by atoms with van der Waals surface area (Å²) in [6.07, 6.45) is -2.28. The summed E-state index contributed by atoms with van der Waals surface area (Å²) in [6, 6.07) is 0.0743. The van der Waals surface area contributed by atoms with E-state index in [9.17, 15) is 15.3 Å². The zero-order valence-electron chi connectivity index (χ0n) is 10.1. The minimum Gasteiger partial charge on any atom is -0.460 e. The Morgan fingerprint density at radius 1 is 1.47 bits per heavy atom. The average Bonchev–Trinajstić information content (AvgIpc) is 2.66. The van der Waals surface area contributed by atoms with Gasteiger partial charge in [0.15, 0.2) is 0 Å². The van der Waals surface area contributed by atoms with E-state index in [2.05, 4.69) is 10.3 Å². The van der Waals surface area contributed by atoms with Gasteiger partial charge < -0.3 is 25.4 Å². The van der Waals surface area contributed by atoms with E-state index in [-0.39, 0.29) is 18.1 Å². The largest absolute Gasteiger partial charge is 0.460 e.